The second kappa shape index (κ2) is 54.6. The van der Waals surface area contributed by atoms with E-state index in [1.54, 1.807) is 0 Å². The molecule has 1 saturated carbocycles. The molecule has 6 nitrogen and oxygen atoms in total. The number of piperidine rings is 1. The molecule has 95 heavy (non-hydrogen) atoms. The first kappa shape index (κ1) is 87.6. The van der Waals surface area contributed by atoms with Gasteiger partial charge in [0.1, 0.15) is 0 Å². The quantitative estimate of drug-likeness (QED) is 0.0893. The van der Waals surface area contributed by atoms with Crippen molar-refractivity contribution in [3.05, 3.63) is 238 Å². The number of nitrogens with zero attached hydrogens (tertiary/aromatic N) is 6. The maximum absolute atomic E-state index is 3.76. The van der Waals surface area contributed by atoms with E-state index in [0.29, 0.717) is 0 Å². The Morgan fingerprint density at radius 3 is 0.926 bits per heavy atom. The Kier molecular flexibility index (Phi) is 50.3. The molecule has 1 aliphatic carbocycles. The normalized spacial score (nSPS) is 17.9. The smallest absolute Gasteiger partial charge is 0.0240 e. The number of likely N-dealkylation sites (tertiary alicyclic amines) is 3. The third-order valence-corrected chi connectivity index (χ3v) is 18.4. The molecule has 0 amide bonds. The molecule has 11 rings (SSSR count). The van der Waals surface area contributed by atoms with Crippen molar-refractivity contribution in [3.63, 3.8) is 0 Å². The first-order valence-electron chi connectivity index (χ1n) is 37.1. The highest BCUT2D eigenvalue weighted by molar-refractivity contribution is 5.25. The Hall–Kier alpha value is -5.44. The van der Waals surface area contributed by atoms with E-state index in [1.165, 1.54) is 210 Å². The Morgan fingerprint density at radius 2 is 0.621 bits per heavy atom. The molecule has 6 heteroatoms. The fourth-order valence-electron chi connectivity index (χ4n) is 12.7. The van der Waals surface area contributed by atoms with Crippen molar-refractivity contribution in [1.82, 2.24) is 29.4 Å². The fraction of sp³-hybridized carbons (Fsp3) is 0.551. The summed E-state index contributed by atoms with van der Waals surface area (Å²) in [5, 5.41) is 0. The monoisotopic (exact) mass is 1300 g/mol. The molecule has 2 atom stereocenters. The van der Waals surface area contributed by atoms with Crippen LogP contribution in [-0.4, -0.2) is 115 Å². The van der Waals surface area contributed by atoms with Gasteiger partial charge < -0.3 is 4.90 Å². The second-order valence-corrected chi connectivity index (χ2v) is 26.5. The van der Waals surface area contributed by atoms with Gasteiger partial charge in [-0.2, -0.15) is 0 Å². The molecule has 4 aliphatic heterocycles. The van der Waals surface area contributed by atoms with Crippen molar-refractivity contribution < 1.29 is 0 Å². The molecule has 0 radical (unpaired) electrons. The summed E-state index contributed by atoms with van der Waals surface area (Å²) in [4.78, 5) is 14.9. The standard InChI is InChI=1S/C15H22.C14H21N.C14H19N.C13H20N2.C13H19N.C12H17N.3C2H6.2CH4/c1-12-7-6-8-13(2)15(12)11-14-9-4-3-5-10-14;1-13-6-8-14(9-7-13)12-15-10-4-2-3-5-11-15;1-4-10-15(11-5-2)12-14-8-6-13(3)7-9-14;1-12-3-5-13(6-4-12)11-15-9-7-14(2)8-10-15;1-12-5-7-13(8-6-12)11-14-9-3-2-4-10-14;1-11-4-6-12(7-5-11)10-13-8-2-3-9-13;3*1-2;;/h3-5,9-10,12-13,15H,6-8,11H2,1-2H3;6-9H,2-5,10-12H2,1H3;4-9H,1-2,10-12H2,3H3;3-6H,7-11H2,1-2H3;5-8H,2-4,9-11H2,1H3;4-7H,2-3,8-10H2,1H3;3*1-2H3;2*1H4. The van der Waals surface area contributed by atoms with Crippen molar-refractivity contribution in [2.45, 2.75) is 221 Å². The molecule has 4 saturated heterocycles. The molecule has 6 aromatic rings. The van der Waals surface area contributed by atoms with Gasteiger partial charge in [0.25, 0.3) is 0 Å². The average Bonchev–Trinajstić information content (AvgIpc) is 2.65. The first-order chi connectivity index (χ1) is 45.3. The van der Waals surface area contributed by atoms with Crippen LogP contribution in [0.25, 0.3) is 0 Å². The second-order valence-electron chi connectivity index (χ2n) is 26.5. The van der Waals surface area contributed by atoms with Crippen LogP contribution < -0.4 is 0 Å². The summed E-state index contributed by atoms with van der Waals surface area (Å²) in [7, 11) is 2.20. The van der Waals surface area contributed by atoms with Crippen LogP contribution in [-0.2, 0) is 39.1 Å². The van der Waals surface area contributed by atoms with Crippen LogP contribution in [0.15, 0.2) is 177 Å². The Morgan fingerprint density at radius 1 is 0.347 bits per heavy atom. The molecule has 0 N–H and O–H groups in total. The SMILES string of the molecule is C.C.C=CCN(CC=C)Cc1ccc(C)cc1.CC.CC.CC.CC1CCCC(C)C1Cc1ccccc1.Cc1ccc(CN2CCCC2)cc1.Cc1ccc(CN2CCCCC2)cc1.Cc1ccc(CN2CCCCCC2)cc1.Cc1ccc(CN2CCN(C)CC2)cc1. The zero-order valence-corrected chi connectivity index (χ0v) is 62.1. The zero-order chi connectivity index (χ0) is 67.9. The van der Waals surface area contributed by atoms with Crippen LogP contribution in [0.1, 0.15) is 208 Å². The Labute approximate surface area is 588 Å². The first-order valence-corrected chi connectivity index (χ1v) is 37.1. The lowest BCUT2D eigenvalue weighted by Gasteiger charge is -2.34. The third kappa shape index (κ3) is 38.9. The van der Waals surface area contributed by atoms with E-state index in [1.807, 2.05) is 53.7 Å². The van der Waals surface area contributed by atoms with Crippen LogP contribution in [0.3, 0.4) is 0 Å². The summed E-state index contributed by atoms with van der Waals surface area (Å²) >= 11 is 0. The summed E-state index contributed by atoms with van der Waals surface area (Å²) < 4.78 is 0. The molecule has 5 aliphatic rings. The lowest BCUT2D eigenvalue weighted by molar-refractivity contribution is 0.148. The minimum absolute atomic E-state index is 0. The highest BCUT2D eigenvalue weighted by Crippen LogP contribution is 2.36. The van der Waals surface area contributed by atoms with E-state index >= 15 is 0 Å². The van der Waals surface area contributed by atoms with Gasteiger partial charge in [0, 0.05) is 72.0 Å². The predicted molar refractivity (Wildman–Crippen MR) is 425 cm³/mol. The number of hydrogen-bond acceptors (Lipinski definition) is 6. The van der Waals surface area contributed by atoms with Gasteiger partial charge >= 0.3 is 0 Å². The van der Waals surface area contributed by atoms with E-state index in [4.69, 9.17) is 0 Å². The summed E-state index contributed by atoms with van der Waals surface area (Å²) in [5.41, 5.74) is 15.4. The number of rotatable bonds is 16. The predicted octanol–water partition coefficient (Wildman–Crippen LogP) is 22.5. The minimum atomic E-state index is 0. The van der Waals surface area contributed by atoms with Gasteiger partial charge in [-0.15, -0.1) is 13.2 Å². The van der Waals surface area contributed by atoms with Gasteiger partial charge in [-0.3, -0.25) is 24.5 Å². The van der Waals surface area contributed by atoms with Gasteiger partial charge in [0.15, 0.2) is 0 Å². The molecule has 6 aromatic carbocycles. The van der Waals surface area contributed by atoms with E-state index < -0.39 is 0 Å². The van der Waals surface area contributed by atoms with Crippen LogP contribution in [0.4, 0.5) is 0 Å². The fourth-order valence-corrected chi connectivity index (χ4v) is 12.7. The topological polar surface area (TPSA) is 19.4 Å². The average molecular weight is 1300 g/mol. The molecule has 530 valence electrons. The minimum Gasteiger partial charge on any atom is -0.304 e. The van der Waals surface area contributed by atoms with Gasteiger partial charge in [0.05, 0.1) is 0 Å². The van der Waals surface area contributed by atoms with Crippen LogP contribution in [0.2, 0.25) is 0 Å². The van der Waals surface area contributed by atoms with Crippen LogP contribution in [0.5, 0.6) is 0 Å². The molecule has 0 bridgehead atoms. The maximum atomic E-state index is 3.76. The summed E-state index contributed by atoms with van der Waals surface area (Å²) in [6.07, 6.45) is 22.0. The molecule has 4 heterocycles. The molecule has 0 aromatic heterocycles. The van der Waals surface area contributed by atoms with Crippen molar-refractivity contribution in [2.75, 3.05) is 85.6 Å². The Bertz CT molecular complexity index is 2670. The van der Waals surface area contributed by atoms with Crippen molar-refractivity contribution in [3.8, 4) is 0 Å². The largest absolute Gasteiger partial charge is 0.304 e. The zero-order valence-electron chi connectivity index (χ0n) is 62.1. The van der Waals surface area contributed by atoms with Crippen molar-refractivity contribution >= 4 is 0 Å². The van der Waals surface area contributed by atoms with Crippen LogP contribution in [0, 0.1) is 52.4 Å². The van der Waals surface area contributed by atoms with Gasteiger partial charge in [-0.25, -0.2) is 0 Å². The molecule has 2 unspecified atom stereocenters. The van der Waals surface area contributed by atoms with Crippen molar-refractivity contribution in [1.29, 1.82) is 0 Å². The van der Waals surface area contributed by atoms with E-state index in [2.05, 4.69) is 250 Å². The molecule has 0 spiro atoms. The van der Waals surface area contributed by atoms with Crippen LogP contribution >= 0.6 is 0 Å². The number of benzene rings is 6. The molecular weight excluding hydrogens is 1150 g/mol. The highest BCUT2D eigenvalue weighted by atomic mass is 15.2. The number of aryl methyl sites for hydroxylation is 5. The van der Waals surface area contributed by atoms with Gasteiger partial charge in [0.2, 0.25) is 0 Å². The number of piperazine rings is 1. The highest BCUT2D eigenvalue weighted by Gasteiger charge is 2.27. The summed E-state index contributed by atoms with van der Waals surface area (Å²) in [5.74, 6) is 2.73. The number of hydrogen-bond donors (Lipinski definition) is 0. The summed E-state index contributed by atoms with van der Waals surface area (Å²) in [6.45, 7) is 54.9. The lowest BCUT2D eigenvalue weighted by atomic mass is 9.71. The maximum Gasteiger partial charge on any atom is 0.0240 e. The Balaban J connectivity index is 0.000000558. The van der Waals surface area contributed by atoms with E-state index in [-0.39, 0.29) is 14.9 Å². The van der Waals surface area contributed by atoms with E-state index in [9.17, 15) is 0 Å². The molecular formula is C89H144N6. The van der Waals surface area contributed by atoms with Crippen molar-refractivity contribution in [2.24, 2.45) is 17.8 Å². The molecule has 5 fully saturated rings. The third-order valence-electron chi connectivity index (χ3n) is 18.4. The number of likely N-dealkylation sites (N-methyl/N-ethyl adjacent to an activating group) is 1. The summed E-state index contributed by atoms with van der Waals surface area (Å²) in [6, 6.07) is 55.3. The van der Waals surface area contributed by atoms with E-state index in [0.717, 1.165) is 63.6 Å². The van der Waals surface area contributed by atoms with Gasteiger partial charge in [-0.05, 0) is 177 Å². The van der Waals surface area contributed by atoms with Gasteiger partial charge in [-0.1, -0.05) is 300 Å². The lowest BCUT2D eigenvalue weighted by Crippen LogP contribution is -2.43.